The molecule has 0 aliphatic carbocycles. The Labute approximate surface area is 189 Å². The van der Waals surface area contributed by atoms with Crippen molar-refractivity contribution in [1.29, 1.82) is 0 Å². The van der Waals surface area contributed by atoms with Crippen LogP contribution in [0.2, 0.25) is 0 Å². The van der Waals surface area contributed by atoms with Crippen molar-refractivity contribution in [2.75, 3.05) is 31.6 Å². The van der Waals surface area contributed by atoms with E-state index in [-0.39, 0.29) is 23.6 Å². The number of amides is 1. The maximum atomic E-state index is 14.6. The van der Waals surface area contributed by atoms with Crippen LogP contribution >= 0.6 is 22.6 Å². The molecule has 3 saturated heterocycles. The van der Waals surface area contributed by atoms with Crippen LogP contribution in [0.1, 0.15) is 16.8 Å². The molecule has 0 aromatic heterocycles. The predicted molar refractivity (Wildman–Crippen MR) is 113 cm³/mol. The van der Waals surface area contributed by atoms with Gasteiger partial charge in [0.2, 0.25) is 0 Å². The SMILES string of the molecule is O=C(c1ccc(F)c(F)c1Nc1ccc(I)cc1F)N1CC2(C1)OC2CC1OCCO1. The summed E-state index contributed by atoms with van der Waals surface area (Å²) in [5.74, 6) is -3.50. The topological polar surface area (TPSA) is 63.3 Å². The number of nitrogens with zero attached hydrogens (tertiary/aromatic N) is 1. The Morgan fingerprint density at radius 2 is 1.87 bits per heavy atom. The van der Waals surface area contributed by atoms with Gasteiger partial charge in [-0.3, -0.25) is 4.79 Å². The van der Waals surface area contributed by atoms with Gasteiger partial charge in [0.05, 0.1) is 49.3 Å². The summed E-state index contributed by atoms with van der Waals surface area (Å²) in [6, 6.07) is 6.36. The summed E-state index contributed by atoms with van der Waals surface area (Å²) in [4.78, 5) is 14.5. The van der Waals surface area contributed by atoms with E-state index in [0.717, 1.165) is 6.07 Å². The van der Waals surface area contributed by atoms with Crippen LogP contribution in [0.4, 0.5) is 24.5 Å². The van der Waals surface area contributed by atoms with Crippen LogP contribution in [-0.2, 0) is 14.2 Å². The molecule has 3 aliphatic rings. The molecule has 1 N–H and O–H groups in total. The first kappa shape index (κ1) is 21.0. The minimum Gasteiger partial charge on any atom is -0.362 e. The standard InChI is InChI=1S/C21H18F3IN2O4/c22-13-3-2-12(19(18(13)24)26-15-4-1-11(25)7-14(15)23)20(28)27-9-21(10-27)16(31-21)8-17-29-5-6-30-17/h1-4,7,16-17,26H,5-6,8-10H2. The van der Waals surface area contributed by atoms with Crippen LogP contribution in [0.15, 0.2) is 30.3 Å². The molecule has 0 radical (unpaired) electrons. The highest BCUT2D eigenvalue weighted by atomic mass is 127. The third-order valence-electron chi connectivity index (χ3n) is 5.72. The van der Waals surface area contributed by atoms with E-state index in [9.17, 15) is 18.0 Å². The number of epoxide rings is 1. The third-order valence-corrected chi connectivity index (χ3v) is 6.40. The minimum atomic E-state index is -1.24. The second kappa shape index (κ2) is 7.91. The van der Waals surface area contributed by atoms with Gasteiger partial charge in [0.25, 0.3) is 5.91 Å². The van der Waals surface area contributed by atoms with Crippen molar-refractivity contribution in [1.82, 2.24) is 4.90 Å². The van der Waals surface area contributed by atoms with Crippen molar-refractivity contribution < 1.29 is 32.2 Å². The Morgan fingerprint density at radius 3 is 2.58 bits per heavy atom. The maximum Gasteiger partial charge on any atom is 0.256 e. The average molecular weight is 546 g/mol. The molecule has 3 aliphatic heterocycles. The molecule has 1 unspecified atom stereocenters. The fraction of sp³-hybridized carbons (Fsp3) is 0.381. The molecule has 0 bridgehead atoms. The Balaban J connectivity index is 1.31. The van der Waals surface area contributed by atoms with E-state index in [1.807, 2.05) is 22.6 Å². The average Bonchev–Trinajstić information content (AvgIpc) is 3.17. The number of nitrogens with one attached hydrogen (secondary N) is 1. The van der Waals surface area contributed by atoms with Crippen LogP contribution in [0.3, 0.4) is 0 Å². The Kier molecular flexibility index (Phi) is 5.35. The molecule has 3 fully saturated rings. The molecule has 5 rings (SSSR count). The summed E-state index contributed by atoms with van der Waals surface area (Å²) < 4.78 is 60.0. The van der Waals surface area contributed by atoms with Crippen molar-refractivity contribution >= 4 is 39.9 Å². The third kappa shape index (κ3) is 3.90. The lowest BCUT2D eigenvalue weighted by Gasteiger charge is -2.38. The number of hydrogen-bond acceptors (Lipinski definition) is 5. The summed E-state index contributed by atoms with van der Waals surface area (Å²) in [7, 11) is 0. The number of halogens is 4. The van der Waals surface area contributed by atoms with E-state index in [1.165, 1.54) is 23.1 Å². The van der Waals surface area contributed by atoms with E-state index in [4.69, 9.17) is 14.2 Å². The smallest absolute Gasteiger partial charge is 0.256 e. The molecule has 1 amide bonds. The first-order chi connectivity index (χ1) is 14.9. The molecule has 2 aromatic rings. The van der Waals surface area contributed by atoms with Gasteiger partial charge < -0.3 is 24.4 Å². The largest absolute Gasteiger partial charge is 0.362 e. The van der Waals surface area contributed by atoms with Crippen molar-refractivity contribution in [2.24, 2.45) is 0 Å². The van der Waals surface area contributed by atoms with Crippen LogP contribution < -0.4 is 5.32 Å². The normalized spacial score (nSPS) is 21.9. The minimum absolute atomic E-state index is 0.0544. The van der Waals surface area contributed by atoms with Gasteiger partial charge in [-0.15, -0.1) is 0 Å². The Hall–Kier alpha value is -1.89. The lowest BCUT2D eigenvalue weighted by Crippen LogP contribution is -2.57. The zero-order valence-corrected chi connectivity index (χ0v) is 18.3. The van der Waals surface area contributed by atoms with E-state index in [2.05, 4.69) is 5.32 Å². The van der Waals surface area contributed by atoms with Crippen LogP contribution in [0.25, 0.3) is 0 Å². The number of anilines is 2. The number of hydrogen-bond donors (Lipinski definition) is 1. The molecule has 0 saturated carbocycles. The van der Waals surface area contributed by atoms with E-state index in [0.29, 0.717) is 36.3 Å². The monoisotopic (exact) mass is 546 g/mol. The quantitative estimate of drug-likeness (QED) is 0.457. The highest BCUT2D eigenvalue weighted by molar-refractivity contribution is 14.1. The van der Waals surface area contributed by atoms with Gasteiger partial charge in [0, 0.05) is 9.99 Å². The first-order valence-corrected chi connectivity index (χ1v) is 10.8. The summed E-state index contributed by atoms with van der Waals surface area (Å²) in [5, 5.41) is 2.55. The molecular weight excluding hydrogens is 528 g/mol. The summed E-state index contributed by atoms with van der Waals surface area (Å²) in [6.45, 7) is 1.78. The molecule has 6 nitrogen and oxygen atoms in total. The predicted octanol–water partition coefficient (Wildman–Crippen LogP) is 3.81. The van der Waals surface area contributed by atoms with Gasteiger partial charge in [0.15, 0.2) is 17.9 Å². The van der Waals surface area contributed by atoms with Crippen LogP contribution in [-0.4, -0.2) is 55.1 Å². The van der Waals surface area contributed by atoms with Gasteiger partial charge in [-0.1, -0.05) is 0 Å². The first-order valence-electron chi connectivity index (χ1n) is 9.77. The van der Waals surface area contributed by atoms with Gasteiger partial charge in [-0.2, -0.15) is 0 Å². The highest BCUT2D eigenvalue weighted by Gasteiger charge is 2.65. The van der Waals surface area contributed by atoms with Gasteiger partial charge >= 0.3 is 0 Å². The molecule has 164 valence electrons. The number of ether oxygens (including phenoxy) is 3. The molecule has 10 heteroatoms. The molecule has 1 atom stereocenters. The zero-order valence-electron chi connectivity index (χ0n) is 16.2. The van der Waals surface area contributed by atoms with Crippen molar-refractivity contribution in [3.8, 4) is 0 Å². The second-order valence-electron chi connectivity index (χ2n) is 7.77. The summed E-state index contributed by atoms with van der Waals surface area (Å²) >= 11 is 1.94. The fourth-order valence-corrected chi connectivity index (χ4v) is 4.45. The number of likely N-dealkylation sites (tertiary alicyclic amines) is 1. The second-order valence-corrected chi connectivity index (χ2v) is 9.02. The van der Waals surface area contributed by atoms with E-state index < -0.39 is 34.6 Å². The van der Waals surface area contributed by atoms with E-state index in [1.54, 1.807) is 6.07 Å². The number of benzene rings is 2. The van der Waals surface area contributed by atoms with Crippen LogP contribution in [0, 0.1) is 21.0 Å². The Bertz CT molecular complexity index is 1040. The number of carbonyl (C=O) groups is 1. The highest BCUT2D eigenvalue weighted by Crippen LogP contribution is 2.48. The summed E-state index contributed by atoms with van der Waals surface area (Å²) in [5.41, 5.74) is -0.959. The number of rotatable bonds is 5. The lowest BCUT2D eigenvalue weighted by atomic mass is 9.93. The van der Waals surface area contributed by atoms with Crippen molar-refractivity contribution in [3.05, 3.63) is 56.9 Å². The fourth-order valence-electron chi connectivity index (χ4n) is 4.00. The molecule has 3 heterocycles. The molecule has 31 heavy (non-hydrogen) atoms. The van der Waals surface area contributed by atoms with Gasteiger partial charge in [-0.05, 0) is 52.9 Å². The van der Waals surface area contributed by atoms with Crippen LogP contribution in [0.5, 0.6) is 0 Å². The molecule has 1 spiro atoms. The molecule has 2 aromatic carbocycles. The lowest BCUT2D eigenvalue weighted by molar-refractivity contribution is -0.0508. The van der Waals surface area contributed by atoms with Crippen molar-refractivity contribution in [3.63, 3.8) is 0 Å². The maximum absolute atomic E-state index is 14.6. The molecular formula is C21H18F3IN2O4. The number of carbonyl (C=O) groups excluding carboxylic acids is 1. The van der Waals surface area contributed by atoms with Crippen molar-refractivity contribution in [2.45, 2.75) is 24.4 Å². The zero-order chi connectivity index (χ0) is 21.8. The van der Waals surface area contributed by atoms with Gasteiger partial charge in [0.1, 0.15) is 11.4 Å². The van der Waals surface area contributed by atoms with Gasteiger partial charge in [-0.25, -0.2) is 13.2 Å². The Morgan fingerprint density at radius 1 is 1.13 bits per heavy atom. The summed E-state index contributed by atoms with van der Waals surface area (Å²) in [6.07, 6.45) is 0.231. The van der Waals surface area contributed by atoms with E-state index >= 15 is 0 Å².